The molecule has 2 aromatic carbocycles. The first kappa shape index (κ1) is 35.9. The predicted octanol–water partition coefficient (Wildman–Crippen LogP) is 2.36. The van der Waals surface area contributed by atoms with Crippen LogP contribution in [-0.4, -0.2) is 57.0 Å². The topological polar surface area (TPSA) is 220 Å². The van der Waals surface area contributed by atoms with E-state index in [1.54, 1.807) is 24.3 Å². The molecular weight excluding hydrogens is 646 g/mol. The van der Waals surface area contributed by atoms with Crippen LogP contribution in [0.25, 0.3) is 0 Å². The van der Waals surface area contributed by atoms with Gasteiger partial charge in [-0.3, -0.25) is 9.59 Å². The molecule has 4 atom stereocenters. The first-order chi connectivity index (χ1) is 19.7. The monoisotopic (exact) mass is 674 g/mol. The number of halogens is 4. The quantitative estimate of drug-likeness (QED) is 0.195. The number of hydrogen-bond acceptors (Lipinski definition) is 8. The molecule has 13 nitrogen and oxygen atoms in total. The van der Waals surface area contributed by atoms with Crippen LogP contribution in [0, 0.1) is 11.8 Å². The fourth-order valence-electron chi connectivity index (χ4n) is 4.19. The summed E-state index contributed by atoms with van der Waals surface area (Å²) in [4.78, 5) is 30.8. The fraction of sp³-hybridized carbons (Fsp3) is 0.308. The van der Waals surface area contributed by atoms with Gasteiger partial charge in [-0.2, -0.15) is 10.2 Å². The smallest absolute Gasteiger partial charge is 0.223 e. The van der Waals surface area contributed by atoms with Crippen molar-refractivity contribution in [2.24, 2.45) is 23.3 Å². The van der Waals surface area contributed by atoms with Crippen LogP contribution in [0.2, 0.25) is 20.1 Å². The van der Waals surface area contributed by atoms with E-state index in [1.165, 1.54) is 60.7 Å². The highest BCUT2D eigenvalue weighted by molar-refractivity contribution is 6.35. The average Bonchev–Trinajstić information content (AvgIpc) is 3.62. The van der Waals surface area contributed by atoms with Gasteiger partial charge in [0.15, 0.2) is 0 Å². The van der Waals surface area contributed by atoms with E-state index in [9.17, 15) is 19.8 Å². The lowest BCUT2D eigenvalue weighted by Crippen LogP contribution is -2.44. The van der Waals surface area contributed by atoms with Crippen molar-refractivity contribution in [2.75, 3.05) is 0 Å². The molecule has 0 aliphatic heterocycles. The van der Waals surface area contributed by atoms with E-state index in [1.807, 2.05) is 0 Å². The minimum Gasteiger partial charge on any atom is -0.412 e. The number of aromatic nitrogens is 6. The van der Waals surface area contributed by atoms with Gasteiger partial charge in [-0.25, -0.2) is 19.3 Å². The molecule has 0 saturated heterocycles. The average molecular weight is 676 g/mol. The largest absolute Gasteiger partial charge is 0.412 e. The summed E-state index contributed by atoms with van der Waals surface area (Å²) in [6.07, 6.45) is 5.53. The van der Waals surface area contributed by atoms with Gasteiger partial charge >= 0.3 is 0 Å². The molecule has 0 aliphatic carbocycles. The molecule has 8 N–H and O–H groups in total. The third-order valence-corrected chi connectivity index (χ3v) is 7.92. The van der Waals surface area contributed by atoms with Gasteiger partial charge in [0.05, 0.1) is 24.9 Å². The van der Waals surface area contributed by atoms with Gasteiger partial charge in [0.2, 0.25) is 11.8 Å². The van der Waals surface area contributed by atoms with E-state index in [4.69, 9.17) is 57.9 Å². The Morgan fingerprint density at radius 1 is 0.767 bits per heavy atom. The minimum absolute atomic E-state index is 0. The van der Waals surface area contributed by atoms with Crippen LogP contribution in [0.1, 0.15) is 25.0 Å². The van der Waals surface area contributed by atoms with E-state index >= 15 is 0 Å². The van der Waals surface area contributed by atoms with E-state index in [0.717, 1.165) is 0 Å². The van der Waals surface area contributed by atoms with Gasteiger partial charge in [-0.05, 0) is 24.3 Å². The van der Waals surface area contributed by atoms with E-state index in [0.29, 0.717) is 21.2 Å². The van der Waals surface area contributed by atoms with Crippen molar-refractivity contribution in [3.63, 3.8) is 0 Å². The van der Waals surface area contributed by atoms with Crippen LogP contribution in [0.15, 0.2) is 61.7 Å². The van der Waals surface area contributed by atoms with Crippen LogP contribution in [0.5, 0.6) is 0 Å². The molecule has 0 bridgehead atoms. The van der Waals surface area contributed by atoms with Crippen molar-refractivity contribution < 1.29 is 25.3 Å². The summed E-state index contributed by atoms with van der Waals surface area (Å²) < 4.78 is 2.81. The Hall–Kier alpha value is -3.30. The van der Waals surface area contributed by atoms with Crippen LogP contribution in [0.4, 0.5) is 0 Å². The van der Waals surface area contributed by atoms with Crippen molar-refractivity contribution in [2.45, 2.75) is 38.1 Å². The maximum absolute atomic E-state index is 11.6. The molecule has 43 heavy (non-hydrogen) atoms. The molecule has 2 heterocycles. The Balaban J connectivity index is 0.000000293. The Morgan fingerprint density at radius 3 is 1.37 bits per heavy atom. The zero-order valence-electron chi connectivity index (χ0n) is 22.9. The summed E-state index contributed by atoms with van der Waals surface area (Å²) in [5.41, 5.74) is 8.18. The Labute approximate surface area is 266 Å². The van der Waals surface area contributed by atoms with Crippen LogP contribution >= 0.6 is 46.4 Å². The van der Waals surface area contributed by atoms with Crippen molar-refractivity contribution in [1.29, 1.82) is 0 Å². The van der Waals surface area contributed by atoms with Gasteiger partial charge in [-0.1, -0.05) is 72.4 Å². The third-order valence-electron chi connectivity index (χ3n) is 6.82. The molecule has 0 radical (unpaired) electrons. The highest BCUT2D eigenvalue weighted by atomic mass is 35.5. The van der Waals surface area contributed by atoms with E-state index < -0.39 is 34.9 Å². The predicted molar refractivity (Wildman–Crippen MR) is 161 cm³/mol. The standard InChI is InChI=1S/2C13H14Cl2N4O2.H2O/c2*1-8(12(16)20)13(21,5-19-7-17-6-18-19)10-3-2-9(14)4-11(10)15;/h2*2-4,6-8,21H,5H2,1H3,(H2,16,20);1H2. The van der Waals surface area contributed by atoms with Gasteiger partial charge in [0.1, 0.15) is 36.5 Å². The van der Waals surface area contributed by atoms with Crippen LogP contribution in [-0.2, 0) is 33.9 Å². The first-order valence-corrected chi connectivity index (χ1v) is 13.8. The molecule has 0 aliphatic rings. The number of nitrogens with zero attached hydrogens (tertiary/aromatic N) is 6. The lowest BCUT2D eigenvalue weighted by Gasteiger charge is -2.33. The summed E-state index contributed by atoms with van der Waals surface area (Å²) in [6.45, 7) is 3.03. The van der Waals surface area contributed by atoms with Crippen molar-refractivity contribution in [3.8, 4) is 0 Å². The number of amides is 2. The SMILES string of the molecule is CC(C(N)=O)C(O)(Cn1cncn1)c1ccc(Cl)cc1Cl.CC(C(N)=O)C(O)(Cn1cncn1)c1ccc(Cl)cc1Cl.O. The van der Waals surface area contributed by atoms with Crippen molar-refractivity contribution in [1.82, 2.24) is 29.5 Å². The highest BCUT2D eigenvalue weighted by Crippen LogP contribution is 2.38. The van der Waals surface area contributed by atoms with E-state index in [-0.39, 0.29) is 28.6 Å². The lowest BCUT2D eigenvalue weighted by atomic mass is 9.81. The second-order valence-electron chi connectivity index (χ2n) is 9.53. The Kier molecular flexibility index (Phi) is 12.5. The molecule has 4 rings (SSSR count). The highest BCUT2D eigenvalue weighted by Gasteiger charge is 2.42. The number of carbonyl (C=O) groups excluding carboxylic acids is 2. The van der Waals surface area contributed by atoms with Crippen molar-refractivity contribution in [3.05, 3.63) is 92.9 Å². The maximum atomic E-state index is 11.6. The summed E-state index contributed by atoms with van der Waals surface area (Å²) >= 11 is 24.1. The lowest BCUT2D eigenvalue weighted by molar-refractivity contribution is -0.133. The molecule has 0 fully saturated rings. The molecule has 0 spiro atoms. The number of benzene rings is 2. The molecule has 2 aromatic heterocycles. The van der Waals surface area contributed by atoms with Gasteiger partial charge in [0, 0.05) is 31.2 Å². The molecule has 4 aromatic rings. The number of nitrogens with two attached hydrogens (primary N) is 2. The maximum Gasteiger partial charge on any atom is 0.223 e. The van der Waals surface area contributed by atoms with E-state index in [2.05, 4.69) is 20.2 Å². The zero-order chi connectivity index (χ0) is 31.2. The summed E-state index contributed by atoms with van der Waals surface area (Å²) in [5, 5.41) is 31.3. The fourth-order valence-corrected chi connectivity index (χ4v) is 5.33. The van der Waals surface area contributed by atoms with Crippen molar-refractivity contribution >= 4 is 58.2 Å². The van der Waals surface area contributed by atoms with Crippen LogP contribution < -0.4 is 11.5 Å². The molecule has 4 unspecified atom stereocenters. The van der Waals surface area contributed by atoms with Crippen LogP contribution in [0.3, 0.4) is 0 Å². The summed E-state index contributed by atoms with van der Waals surface area (Å²) in [6, 6.07) is 9.31. The number of rotatable bonds is 10. The number of hydrogen-bond donors (Lipinski definition) is 4. The van der Waals surface area contributed by atoms with Gasteiger partial charge in [0.25, 0.3) is 0 Å². The number of primary amides is 2. The Bertz CT molecular complexity index is 1410. The normalized spacial score (nSPS) is 15.1. The molecule has 17 heteroatoms. The molecule has 2 amide bonds. The summed E-state index contributed by atoms with van der Waals surface area (Å²) in [7, 11) is 0. The second-order valence-corrected chi connectivity index (χ2v) is 11.2. The zero-order valence-corrected chi connectivity index (χ0v) is 25.9. The molecular formula is C26H30Cl4N8O5. The van der Waals surface area contributed by atoms with Gasteiger partial charge < -0.3 is 27.2 Å². The molecule has 232 valence electrons. The number of carbonyl (C=O) groups is 2. The Morgan fingerprint density at radius 2 is 1.12 bits per heavy atom. The molecule has 0 saturated carbocycles. The minimum atomic E-state index is -1.62. The second kappa shape index (κ2) is 14.9. The summed E-state index contributed by atoms with van der Waals surface area (Å²) in [5.74, 6) is -3.08. The first-order valence-electron chi connectivity index (χ1n) is 12.3. The third kappa shape index (κ3) is 8.42. The van der Waals surface area contributed by atoms with Gasteiger partial charge in [-0.15, -0.1) is 0 Å². The number of aliphatic hydroxyl groups is 2.